The summed E-state index contributed by atoms with van der Waals surface area (Å²) in [4.78, 5) is 0. The predicted molar refractivity (Wildman–Crippen MR) is 57.6 cm³/mol. The molecule has 1 rings (SSSR count). The molecule has 1 heteroatoms. The molecule has 0 aliphatic heterocycles. The van der Waals surface area contributed by atoms with Crippen molar-refractivity contribution in [2.45, 2.75) is 33.2 Å². The Morgan fingerprint density at radius 1 is 1.15 bits per heavy atom. The van der Waals surface area contributed by atoms with Crippen molar-refractivity contribution in [2.24, 2.45) is 11.7 Å². The van der Waals surface area contributed by atoms with Crippen molar-refractivity contribution in [1.82, 2.24) is 0 Å². The molecule has 0 aliphatic carbocycles. The Balaban J connectivity index is 3.01. The van der Waals surface area contributed by atoms with Crippen LogP contribution in [0.1, 0.15) is 31.9 Å². The lowest BCUT2D eigenvalue weighted by Gasteiger charge is -2.29. The molecule has 0 bridgehead atoms. The molecule has 0 radical (unpaired) electrons. The van der Waals surface area contributed by atoms with Crippen LogP contribution < -0.4 is 5.73 Å². The highest BCUT2D eigenvalue weighted by Crippen LogP contribution is 2.25. The Morgan fingerprint density at radius 2 is 1.62 bits per heavy atom. The van der Waals surface area contributed by atoms with E-state index in [1.54, 1.807) is 0 Å². The Morgan fingerprint density at radius 3 is 2.00 bits per heavy atom. The number of aryl methyl sites for hydroxylation is 1. The van der Waals surface area contributed by atoms with Crippen molar-refractivity contribution in [3.63, 3.8) is 0 Å². The van der Waals surface area contributed by atoms with Crippen molar-refractivity contribution < 1.29 is 0 Å². The lowest BCUT2D eigenvalue weighted by molar-refractivity contribution is 0.350. The van der Waals surface area contributed by atoms with E-state index >= 15 is 0 Å². The van der Waals surface area contributed by atoms with E-state index < -0.39 is 0 Å². The number of benzene rings is 1. The van der Waals surface area contributed by atoms with Gasteiger partial charge in [-0.05, 0) is 25.3 Å². The molecule has 1 aromatic carbocycles. The van der Waals surface area contributed by atoms with Gasteiger partial charge >= 0.3 is 0 Å². The molecule has 0 spiro atoms. The Kier molecular flexibility index (Phi) is 2.77. The van der Waals surface area contributed by atoms with Crippen LogP contribution in [0.25, 0.3) is 0 Å². The second-order valence-electron chi connectivity index (χ2n) is 4.30. The van der Waals surface area contributed by atoms with Gasteiger partial charge in [-0.15, -0.1) is 0 Å². The van der Waals surface area contributed by atoms with E-state index in [-0.39, 0.29) is 5.54 Å². The number of rotatable bonds is 2. The van der Waals surface area contributed by atoms with Crippen molar-refractivity contribution in [2.75, 3.05) is 0 Å². The van der Waals surface area contributed by atoms with E-state index in [1.807, 2.05) is 0 Å². The SMILES string of the molecule is Cc1ccc([C@@](C)(N)C(C)C)cc1. The van der Waals surface area contributed by atoms with Gasteiger partial charge in [-0.3, -0.25) is 0 Å². The molecule has 0 fully saturated rings. The van der Waals surface area contributed by atoms with Crippen molar-refractivity contribution in [1.29, 1.82) is 0 Å². The number of nitrogens with two attached hydrogens (primary N) is 1. The van der Waals surface area contributed by atoms with Crippen LogP contribution in [0.3, 0.4) is 0 Å². The van der Waals surface area contributed by atoms with Crippen LogP contribution in [0.5, 0.6) is 0 Å². The fourth-order valence-corrected chi connectivity index (χ4v) is 1.25. The fraction of sp³-hybridized carbons (Fsp3) is 0.500. The van der Waals surface area contributed by atoms with E-state index in [2.05, 4.69) is 52.0 Å². The summed E-state index contributed by atoms with van der Waals surface area (Å²) in [5.41, 5.74) is 8.51. The molecule has 1 nitrogen and oxygen atoms in total. The standard InChI is InChI=1S/C12H19N/c1-9(2)12(4,13)11-7-5-10(3)6-8-11/h5-9H,13H2,1-4H3/t12-/m0/s1. The zero-order valence-corrected chi connectivity index (χ0v) is 8.96. The second-order valence-corrected chi connectivity index (χ2v) is 4.30. The monoisotopic (exact) mass is 177 g/mol. The normalized spacial score (nSPS) is 15.8. The molecule has 0 heterocycles. The van der Waals surface area contributed by atoms with Gasteiger partial charge in [0.2, 0.25) is 0 Å². The third kappa shape index (κ3) is 2.10. The molecule has 0 saturated carbocycles. The molecule has 72 valence electrons. The first-order valence-electron chi connectivity index (χ1n) is 4.80. The first-order valence-corrected chi connectivity index (χ1v) is 4.80. The third-order valence-electron chi connectivity index (χ3n) is 2.87. The summed E-state index contributed by atoms with van der Waals surface area (Å²) < 4.78 is 0. The summed E-state index contributed by atoms with van der Waals surface area (Å²) >= 11 is 0. The molecule has 0 saturated heterocycles. The molecule has 2 N–H and O–H groups in total. The van der Waals surface area contributed by atoms with Crippen LogP contribution in [0, 0.1) is 12.8 Å². The average Bonchev–Trinajstić information content (AvgIpc) is 2.04. The van der Waals surface area contributed by atoms with E-state index in [0.717, 1.165) is 0 Å². The van der Waals surface area contributed by atoms with Gasteiger partial charge < -0.3 is 5.73 Å². The van der Waals surface area contributed by atoms with Crippen molar-refractivity contribution in [3.05, 3.63) is 35.4 Å². The van der Waals surface area contributed by atoms with Crippen LogP contribution in [-0.4, -0.2) is 0 Å². The largest absolute Gasteiger partial charge is 0.321 e. The zero-order valence-electron chi connectivity index (χ0n) is 8.96. The van der Waals surface area contributed by atoms with Gasteiger partial charge in [0.1, 0.15) is 0 Å². The maximum Gasteiger partial charge on any atom is 0.0404 e. The molecule has 0 aliphatic rings. The Labute approximate surface area is 81.0 Å². The Hall–Kier alpha value is -0.820. The van der Waals surface area contributed by atoms with Crippen molar-refractivity contribution in [3.8, 4) is 0 Å². The second kappa shape index (κ2) is 3.51. The summed E-state index contributed by atoms with van der Waals surface area (Å²) in [6.45, 7) is 8.48. The smallest absolute Gasteiger partial charge is 0.0404 e. The Bertz CT molecular complexity index is 270. The highest BCUT2D eigenvalue weighted by atomic mass is 14.7. The van der Waals surface area contributed by atoms with E-state index in [0.29, 0.717) is 5.92 Å². The third-order valence-corrected chi connectivity index (χ3v) is 2.87. The molecule has 13 heavy (non-hydrogen) atoms. The maximum absolute atomic E-state index is 6.23. The van der Waals surface area contributed by atoms with Crippen LogP contribution in [0.4, 0.5) is 0 Å². The van der Waals surface area contributed by atoms with Crippen LogP contribution in [0.15, 0.2) is 24.3 Å². The summed E-state index contributed by atoms with van der Waals surface area (Å²) in [6.07, 6.45) is 0. The van der Waals surface area contributed by atoms with Gasteiger partial charge in [-0.2, -0.15) is 0 Å². The van der Waals surface area contributed by atoms with Crippen LogP contribution in [0.2, 0.25) is 0 Å². The van der Waals surface area contributed by atoms with E-state index in [9.17, 15) is 0 Å². The van der Waals surface area contributed by atoms with Crippen molar-refractivity contribution >= 4 is 0 Å². The predicted octanol–water partition coefficient (Wildman–Crippen LogP) is 2.82. The highest BCUT2D eigenvalue weighted by Gasteiger charge is 2.24. The zero-order chi connectivity index (χ0) is 10.1. The maximum atomic E-state index is 6.23. The first-order chi connectivity index (χ1) is 5.94. The lowest BCUT2D eigenvalue weighted by atomic mass is 9.82. The van der Waals surface area contributed by atoms with Gasteiger partial charge in [0, 0.05) is 5.54 Å². The molecular formula is C12H19N. The number of hydrogen-bond acceptors (Lipinski definition) is 1. The minimum Gasteiger partial charge on any atom is -0.321 e. The minimum atomic E-state index is -0.215. The highest BCUT2D eigenvalue weighted by molar-refractivity contribution is 5.27. The summed E-state index contributed by atoms with van der Waals surface area (Å²) in [6, 6.07) is 8.47. The number of hydrogen-bond donors (Lipinski definition) is 1. The molecule has 0 amide bonds. The summed E-state index contributed by atoms with van der Waals surface area (Å²) in [5, 5.41) is 0. The van der Waals surface area contributed by atoms with Crippen LogP contribution >= 0.6 is 0 Å². The quantitative estimate of drug-likeness (QED) is 0.738. The minimum absolute atomic E-state index is 0.215. The van der Waals surface area contributed by atoms with Gasteiger partial charge in [0.15, 0.2) is 0 Å². The van der Waals surface area contributed by atoms with E-state index in [1.165, 1.54) is 11.1 Å². The summed E-state index contributed by atoms with van der Waals surface area (Å²) in [7, 11) is 0. The fourth-order valence-electron chi connectivity index (χ4n) is 1.25. The first kappa shape index (κ1) is 10.3. The molecule has 1 atom stereocenters. The van der Waals surface area contributed by atoms with E-state index in [4.69, 9.17) is 5.73 Å². The lowest BCUT2D eigenvalue weighted by Crippen LogP contribution is -2.38. The van der Waals surface area contributed by atoms with Gasteiger partial charge in [0.05, 0.1) is 0 Å². The molecular weight excluding hydrogens is 158 g/mol. The summed E-state index contributed by atoms with van der Waals surface area (Å²) in [5.74, 6) is 0.454. The van der Waals surface area contributed by atoms with Gasteiger partial charge in [-0.25, -0.2) is 0 Å². The van der Waals surface area contributed by atoms with Gasteiger partial charge in [0.25, 0.3) is 0 Å². The average molecular weight is 177 g/mol. The topological polar surface area (TPSA) is 26.0 Å². The molecule has 0 aromatic heterocycles. The van der Waals surface area contributed by atoms with Crippen LogP contribution in [-0.2, 0) is 5.54 Å². The molecule has 1 aromatic rings. The van der Waals surface area contributed by atoms with Gasteiger partial charge in [-0.1, -0.05) is 43.7 Å². The molecule has 0 unspecified atom stereocenters.